The van der Waals surface area contributed by atoms with Crippen molar-refractivity contribution in [2.24, 2.45) is 0 Å². The predicted octanol–water partition coefficient (Wildman–Crippen LogP) is 0.355. The molecule has 0 aliphatic carbocycles. The Labute approximate surface area is 233 Å². The molecule has 1 unspecified atom stereocenters. The van der Waals surface area contributed by atoms with Crippen molar-refractivity contribution in [2.75, 3.05) is 60.2 Å². The van der Waals surface area contributed by atoms with E-state index in [-0.39, 0.29) is 23.4 Å². The summed E-state index contributed by atoms with van der Waals surface area (Å²) in [6.07, 6.45) is 0.648. The molecule has 3 heterocycles. The van der Waals surface area contributed by atoms with Crippen LogP contribution in [0.2, 0.25) is 0 Å². The Morgan fingerprint density at radius 2 is 1.85 bits per heavy atom. The van der Waals surface area contributed by atoms with Crippen LogP contribution in [0.4, 0.5) is 0 Å². The maximum atomic E-state index is 14.1. The summed E-state index contributed by atoms with van der Waals surface area (Å²) in [5, 5.41) is 14.1. The summed E-state index contributed by atoms with van der Waals surface area (Å²) in [4.78, 5) is 45.1. The monoisotopic (exact) mass is 555 g/mol. The number of ether oxygens (including phenoxy) is 4. The van der Waals surface area contributed by atoms with Gasteiger partial charge in [-0.2, -0.15) is 0 Å². The maximum Gasteiger partial charge on any atom is 0.355 e. The van der Waals surface area contributed by atoms with E-state index >= 15 is 0 Å². The van der Waals surface area contributed by atoms with Gasteiger partial charge in [0.25, 0.3) is 5.91 Å². The molecule has 1 amide bonds. The largest absolute Gasteiger partial charge is 0.872 e. The number of H-pyrrole nitrogens is 1. The Balaban J connectivity index is 1.78. The topological polar surface area (TPSA) is 135 Å². The van der Waals surface area contributed by atoms with Crippen LogP contribution in [0.25, 0.3) is 5.76 Å². The highest BCUT2D eigenvalue weighted by Crippen LogP contribution is 2.42. The minimum atomic E-state index is -0.924. The third-order valence-corrected chi connectivity index (χ3v) is 7.53. The van der Waals surface area contributed by atoms with E-state index in [0.717, 1.165) is 19.6 Å². The van der Waals surface area contributed by atoms with Gasteiger partial charge >= 0.3 is 5.97 Å². The van der Waals surface area contributed by atoms with Gasteiger partial charge in [-0.1, -0.05) is 11.8 Å². The van der Waals surface area contributed by atoms with Gasteiger partial charge in [-0.15, -0.1) is 0 Å². The van der Waals surface area contributed by atoms with Gasteiger partial charge in [0.2, 0.25) is 5.78 Å². The van der Waals surface area contributed by atoms with Gasteiger partial charge in [0.05, 0.1) is 46.6 Å². The van der Waals surface area contributed by atoms with Crippen molar-refractivity contribution in [3.8, 4) is 11.5 Å². The number of morpholine rings is 1. The Kier molecular flexibility index (Phi) is 9.16. The van der Waals surface area contributed by atoms with Crippen molar-refractivity contribution in [1.29, 1.82) is 0 Å². The zero-order valence-electron chi connectivity index (χ0n) is 23.7. The van der Waals surface area contributed by atoms with Crippen LogP contribution in [0.15, 0.2) is 23.8 Å². The molecule has 11 nitrogen and oxygen atoms in total. The number of carbonyl (C=O) groups is 3. The van der Waals surface area contributed by atoms with Crippen LogP contribution < -0.4 is 19.5 Å². The number of amides is 1. The number of ketones is 1. The van der Waals surface area contributed by atoms with Crippen molar-refractivity contribution >= 4 is 23.4 Å². The predicted molar refractivity (Wildman–Crippen MR) is 143 cm³/mol. The molecule has 1 aromatic heterocycles. The van der Waals surface area contributed by atoms with Gasteiger partial charge in [0.1, 0.15) is 18.8 Å². The Hall–Kier alpha value is -3.83. The minimum Gasteiger partial charge on any atom is -0.872 e. The van der Waals surface area contributed by atoms with E-state index in [1.54, 1.807) is 39.0 Å². The highest BCUT2D eigenvalue weighted by atomic mass is 16.5. The molecule has 4 rings (SSSR count). The first-order valence-corrected chi connectivity index (χ1v) is 13.5. The quantitative estimate of drug-likeness (QED) is 0.186. The molecule has 1 atom stereocenters. The van der Waals surface area contributed by atoms with E-state index in [1.807, 2.05) is 0 Å². The molecule has 2 aromatic rings. The number of rotatable bonds is 10. The number of esters is 1. The summed E-state index contributed by atoms with van der Waals surface area (Å²) in [6, 6.07) is 4.17. The van der Waals surface area contributed by atoms with Crippen molar-refractivity contribution in [2.45, 2.75) is 33.2 Å². The minimum absolute atomic E-state index is 0.146. The number of aromatic nitrogens is 1. The van der Waals surface area contributed by atoms with Gasteiger partial charge in [-0.05, 0) is 49.6 Å². The second kappa shape index (κ2) is 12.6. The molecule has 2 aliphatic rings. The molecule has 40 heavy (non-hydrogen) atoms. The van der Waals surface area contributed by atoms with Crippen molar-refractivity contribution in [3.05, 3.63) is 51.9 Å². The van der Waals surface area contributed by atoms with Crippen molar-refractivity contribution < 1.29 is 43.3 Å². The van der Waals surface area contributed by atoms with Crippen LogP contribution in [-0.2, 0) is 19.1 Å². The molecule has 216 valence electrons. The number of Topliss-reactive ketones (excluding diaryl/α,β-unsaturated/α-hetero) is 1. The van der Waals surface area contributed by atoms with E-state index in [9.17, 15) is 19.5 Å². The lowest BCUT2D eigenvalue weighted by Crippen LogP contribution is -3.14. The third kappa shape index (κ3) is 5.57. The smallest absolute Gasteiger partial charge is 0.355 e. The number of aryl methyl sites for hydroxylation is 1. The van der Waals surface area contributed by atoms with E-state index < -0.39 is 29.5 Å². The maximum absolute atomic E-state index is 14.1. The summed E-state index contributed by atoms with van der Waals surface area (Å²) >= 11 is 0. The van der Waals surface area contributed by atoms with E-state index in [1.165, 1.54) is 24.0 Å². The van der Waals surface area contributed by atoms with Crippen LogP contribution in [-0.4, -0.2) is 87.8 Å². The van der Waals surface area contributed by atoms with Gasteiger partial charge in [0.15, 0.2) is 11.5 Å². The lowest BCUT2D eigenvalue weighted by atomic mass is 9.93. The average Bonchev–Trinajstić information content (AvgIpc) is 3.40. The first-order chi connectivity index (χ1) is 19.2. The first kappa shape index (κ1) is 29.2. The zero-order chi connectivity index (χ0) is 29.0. The lowest BCUT2D eigenvalue weighted by Gasteiger charge is -2.29. The molecule has 2 aliphatic heterocycles. The number of likely N-dealkylation sites (tertiary alicyclic amines) is 1. The fourth-order valence-electron chi connectivity index (χ4n) is 5.51. The molecular formula is C29H37N3O8. The highest BCUT2D eigenvalue weighted by molar-refractivity contribution is 6.46. The van der Waals surface area contributed by atoms with Crippen LogP contribution in [0, 0.1) is 13.8 Å². The van der Waals surface area contributed by atoms with Gasteiger partial charge < -0.3 is 38.8 Å². The highest BCUT2D eigenvalue weighted by Gasteiger charge is 2.44. The molecule has 0 bridgehead atoms. The lowest BCUT2D eigenvalue weighted by molar-refractivity contribution is -0.908. The Morgan fingerprint density at radius 1 is 1.15 bits per heavy atom. The summed E-state index contributed by atoms with van der Waals surface area (Å²) in [6.45, 7) is 9.40. The second-order valence-electron chi connectivity index (χ2n) is 9.90. The van der Waals surface area contributed by atoms with Crippen LogP contribution in [0.5, 0.6) is 11.5 Å². The standard InChI is InChI=1S/C29H37N3O8/c1-6-40-29(36)24-17(2)22(18(3)30-24)26(33)23-25(19-8-9-20(37-4)21(16-19)38-5)32(28(35)27(23)34)11-7-10-31-12-14-39-15-13-31/h8-9,16,25,30,33H,6-7,10-15H2,1-5H3. The Bertz CT molecular complexity index is 1310. The fraction of sp³-hybridized carbons (Fsp3) is 0.483. The Morgan fingerprint density at radius 3 is 2.50 bits per heavy atom. The fourth-order valence-corrected chi connectivity index (χ4v) is 5.51. The molecule has 2 N–H and O–H groups in total. The number of nitrogens with zero attached hydrogens (tertiary/aromatic N) is 1. The van der Waals surface area contributed by atoms with Crippen molar-refractivity contribution in [3.63, 3.8) is 0 Å². The van der Waals surface area contributed by atoms with Crippen LogP contribution >= 0.6 is 0 Å². The van der Waals surface area contributed by atoms with Crippen LogP contribution in [0.1, 0.15) is 52.3 Å². The molecule has 1 aromatic carbocycles. The van der Waals surface area contributed by atoms with E-state index in [0.29, 0.717) is 54.5 Å². The number of aromatic amines is 1. The first-order valence-electron chi connectivity index (χ1n) is 13.5. The normalized spacial score (nSPS) is 19.2. The van der Waals surface area contributed by atoms with Gasteiger partial charge in [0, 0.05) is 24.2 Å². The number of hydrogen-bond donors (Lipinski definition) is 2. The SMILES string of the molecule is CCOC(=O)c1[nH]c(C)c(C([O-])=C2C(=O)C(=O)N(CCC[NH+]3CCOCC3)C2c2ccc(OC)c(OC)c2)c1C. The number of nitrogens with one attached hydrogen (secondary N) is 2. The molecular weight excluding hydrogens is 518 g/mol. The summed E-state index contributed by atoms with van der Waals surface area (Å²) in [7, 11) is 3.01. The number of quaternary nitrogens is 1. The third-order valence-electron chi connectivity index (χ3n) is 7.53. The van der Waals surface area contributed by atoms with E-state index in [2.05, 4.69) is 4.98 Å². The molecule has 0 saturated carbocycles. The molecule has 0 spiro atoms. The van der Waals surface area contributed by atoms with Crippen molar-refractivity contribution in [1.82, 2.24) is 9.88 Å². The summed E-state index contributed by atoms with van der Waals surface area (Å²) < 4.78 is 21.4. The van der Waals surface area contributed by atoms with Crippen LogP contribution in [0.3, 0.4) is 0 Å². The number of benzene rings is 1. The van der Waals surface area contributed by atoms with Gasteiger partial charge in [-0.25, -0.2) is 4.79 Å². The molecule has 11 heteroatoms. The zero-order valence-corrected chi connectivity index (χ0v) is 23.7. The molecule has 2 fully saturated rings. The number of hydrogen-bond acceptors (Lipinski definition) is 8. The molecule has 2 saturated heterocycles. The average molecular weight is 556 g/mol. The number of carbonyl (C=O) groups excluding carboxylic acids is 3. The van der Waals surface area contributed by atoms with E-state index in [4.69, 9.17) is 18.9 Å². The summed E-state index contributed by atoms with van der Waals surface area (Å²) in [5.74, 6) is -1.87. The second-order valence-corrected chi connectivity index (χ2v) is 9.90. The number of methoxy groups -OCH3 is 2. The summed E-state index contributed by atoms with van der Waals surface area (Å²) in [5.41, 5.74) is 1.51. The molecule has 0 radical (unpaired) electrons. The van der Waals surface area contributed by atoms with Gasteiger partial charge in [-0.3, -0.25) is 9.59 Å².